The largest absolute Gasteiger partial charge is 0.491 e. The molecule has 0 aliphatic heterocycles. The van der Waals surface area contributed by atoms with Gasteiger partial charge in [-0.15, -0.1) is 11.3 Å². The molecule has 2 N–H and O–H groups in total. The second-order valence-electron chi connectivity index (χ2n) is 5.60. The molecule has 0 unspecified atom stereocenters. The fourth-order valence-electron chi connectivity index (χ4n) is 2.06. The third-order valence-electron chi connectivity index (χ3n) is 3.54. The lowest BCUT2D eigenvalue weighted by Crippen LogP contribution is -2.32. The quantitative estimate of drug-likeness (QED) is 0.808. The summed E-state index contributed by atoms with van der Waals surface area (Å²) in [5.74, 6) is -0.307. The van der Waals surface area contributed by atoms with Crippen LogP contribution >= 0.6 is 11.3 Å². The standard InChI is InChI=1S/C17H17FN2O3S/c18-12-5-6-13(14(8-12)23-10-11-3-4-11)20-16(21)9-19-17(22)15-2-1-7-24-15/h1-2,5-8,11H,3-4,9-10H2,(H,19,22)(H,20,21). The first kappa shape index (κ1) is 16.4. The van der Waals surface area contributed by atoms with Crippen molar-refractivity contribution in [1.29, 1.82) is 0 Å². The van der Waals surface area contributed by atoms with Crippen LogP contribution in [0.4, 0.5) is 10.1 Å². The van der Waals surface area contributed by atoms with E-state index in [1.165, 1.54) is 29.5 Å². The Morgan fingerprint density at radius 2 is 2.12 bits per heavy atom. The summed E-state index contributed by atoms with van der Waals surface area (Å²) < 4.78 is 19.0. The Hall–Kier alpha value is -2.41. The van der Waals surface area contributed by atoms with E-state index in [2.05, 4.69) is 10.6 Å². The van der Waals surface area contributed by atoms with E-state index in [9.17, 15) is 14.0 Å². The molecule has 7 heteroatoms. The molecule has 0 spiro atoms. The van der Waals surface area contributed by atoms with E-state index in [1.807, 2.05) is 0 Å². The highest BCUT2D eigenvalue weighted by molar-refractivity contribution is 7.12. The summed E-state index contributed by atoms with van der Waals surface area (Å²) in [6.07, 6.45) is 2.23. The first-order valence-corrected chi connectivity index (χ1v) is 8.53. The minimum Gasteiger partial charge on any atom is -0.491 e. The van der Waals surface area contributed by atoms with Gasteiger partial charge in [-0.25, -0.2) is 4.39 Å². The van der Waals surface area contributed by atoms with Gasteiger partial charge in [0.05, 0.1) is 23.7 Å². The van der Waals surface area contributed by atoms with Gasteiger partial charge in [-0.2, -0.15) is 0 Å². The number of thiophene rings is 1. The van der Waals surface area contributed by atoms with Crippen LogP contribution in [0.15, 0.2) is 35.7 Å². The number of hydrogen-bond acceptors (Lipinski definition) is 4. The molecule has 0 saturated heterocycles. The van der Waals surface area contributed by atoms with E-state index >= 15 is 0 Å². The Morgan fingerprint density at radius 3 is 2.83 bits per heavy atom. The SMILES string of the molecule is O=C(CNC(=O)c1cccs1)Nc1ccc(F)cc1OCC1CC1. The Morgan fingerprint density at radius 1 is 1.29 bits per heavy atom. The maximum atomic E-state index is 13.4. The average Bonchev–Trinajstić information content (AvgIpc) is 3.23. The van der Waals surface area contributed by atoms with E-state index in [1.54, 1.807) is 17.5 Å². The smallest absolute Gasteiger partial charge is 0.261 e. The van der Waals surface area contributed by atoms with Crippen LogP contribution in [0.5, 0.6) is 5.75 Å². The molecule has 1 heterocycles. The van der Waals surface area contributed by atoms with Crippen molar-refractivity contribution in [3.05, 3.63) is 46.4 Å². The summed E-state index contributed by atoms with van der Waals surface area (Å²) in [5.41, 5.74) is 0.396. The van der Waals surface area contributed by atoms with Crippen LogP contribution in [0, 0.1) is 11.7 Å². The molecule has 3 rings (SSSR count). The van der Waals surface area contributed by atoms with Crippen molar-refractivity contribution in [1.82, 2.24) is 5.32 Å². The van der Waals surface area contributed by atoms with E-state index in [0.717, 1.165) is 12.8 Å². The predicted molar refractivity (Wildman–Crippen MR) is 89.9 cm³/mol. The summed E-state index contributed by atoms with van der Waals surface area (Å²) in [4.78, 5) is 24.3. The number of carbonyl (C=O) groups excluding carboxylic acids is 2. The molecule has 1 aromatic carbocycles. The van der Waals surface area contributed by atoms with Crippen molar-refractivity contribution in [2.24, 2.45) is 5.92 Å². The van der Waals surface area contributed by atoms with Crippen LogP contribution in [-0.2, 0) is 4.79 Å². The van der Waals surface area contributed by atoms with E-state index in [0.29, 0.717) is 28.8 Å². The highest BCUT2D eigenvalue weighted by atomic mass is 32.1. The molecule has 0 bridgehead atoms. The van der Waals surface area contributed by atoms with Crippen molar-refractivity contribution < 1.29 is 18.7 Å². The fourth-order valence-corrected chi connectivity index (χ4v) is 2.70. The Kier molecular flexibility index (Phi) is 5.10. The van der Waals surface area contributed by atoms with Crippen molar-refractivity contribution in [3.8, 4) is 5.75 Å². The molecule has 1 saturated carbocycles. The molecule has 1 aliphatic carbocycles. The van der Waals surface area contributed by atoms with Crippen LogP contribution in [0.2, 0.25) is 0 Å². The lowest BCUT2D eigenvalue weighted by atomic mass is 10.2. The average molecular weight is 348 g/mol. The highest BCUT2D eigenvalue weighted by Gasteiger charge is 2.22. The molecule has 126 valence electrons. The van der Waals surface area contributed by atoms with Gasteiger partial charge >= 0.3 is 0 Å². The number of nitrogens with one attached hydrogen (secondary N) is 2. The number of rotatable bonds is 7. The number of halogens is 1. The Bertz CT molecular complexity index is 729. The van der Waals surface area contributed by atoms with Crippen molar-refractivity contribution in [3.63, 3.8) is 0 Å². The maximum Gasteiger partial charge on any atom is 0.261 e. The first-order valence-electron chi connectivity index (χ1n) is 7.66. The number of benzene rings is 1. The monoisotopic (exact) mass is 348 g/mol. The second kappa shape index (κ2) is 7.44. The maximum absolute atomic E-state index is 13.4. The lowest BCUT2D eigenvalue weighted by Gasteiger charge is -2.12. The Balaban J connectivity index is 1.55. The molecular formula is C17H17FN2O3S. The first-order chi connectivity index (χ1) is 11.6. The van der Waals surface area contributed by atoms with Crippen molar-refractivity contribution in [2.45, 2.75) is 12.8 Å². The summed E-state index contributed by atoms with van der Waals surface area (Å²) in [5, 5.41) is 6.97. The number of amides is 2. The number of hydrogen-bond donors (Lipinski definition) is 2. The lowest BCUT2D eigenvalue weighted by molar-refractivity contribution is -0.115. The molecule has 0 radical (unpaired) electrons. The van der Waals surface area contributed by atoms with Crippen molar-refractivity contribution in [2.75, 3.05) is 18.5 Å². The molecule has 2 aromatic rings. The summed E-state index contributed by atoms with van der Waals surface area (Å²) in [7, 11) is 0. The third-order valence-corrected chi connectivity index (χ3v) is 4.41. The van der Waals surface area contributed by atoms with Crippen molar-refractivity contribution >= 4 is 28.8 Å². The molecule has 24 heavy (non-hydrogen) atoms. The minimum atomic E-state index is -0.426. The van der Waals surface area contributed by atoms with Gasteiger partial charge in [-0.3, -0.25) is 9.59 Å². The molecule has 5 nitrogen and oxygen atoms in total. The zero-order chi connectivity index (χ0) is 16.9. The van der Waals surface area contributed by atoms with Crippen LogP contribution < -0.4 is 15.4 Å². The van der Waals surface area contributed by atoms with Crippen LogP contribution in [0.25, 0.3) is 0 Å². The van der Waals surface area contributed by atoms with Crippen LogP contribution in [-0.4, -0.2) is 25.0 Å². The summed E-state index contributed by atoms with van der Waals surface area (Å²) >= 11 is 1.30. The molecule has 1 aliphatic rings. The topological polar surface area (TPSA) is 67.4 Å². The molecule has 2 amide bonds. The van der Waals surface area contributed by atoms with Gasteiger partial charge in [0.15, 0.2) is 0 Å². The normalized spacial score (nSPS) is 13.4. The third kappa shape index (κ3) is 4.55. The molecule has 1 fully saturated rings. The van der Waals surface area contributed by atoms with Gasteiger partial charge in [-0.1, -0.05) is 6.07 Å². The molecule has 1 aromatic heterocycles. The van der Waals surface area contributed by atoms with Crippen LogP contribution in [0.3, 0.4) is 0 Å². The minimum absolute atomic E-state index is 0.170. The Labute approximate surface area is 142 Å². The van der Waals surface area contributed by atoms with Gasteiger partial charge in [0.25, 0.3) is 5.91 Å². The van der Waals surface area contributed by atoms with Gasteiger partial charge in [0.1, 0.15) is 11.6 Å². The number of ether oxygens (including phenoxy) is 1. The fraction of sp³-hybridized carbons (Fsp3) is 0.294. The predicted octanol–water partition coefficient (Wildman–Crippen LogP) is 3.04. The molecular weight excluding hydrogens is 331 g/mol. The van der Waals surface area contributed by atoms with E-state index in [4.69, 9.17) is 4.74 Å². The van der Waals surface area contributed by atoms with Gasteiger partial charge in [0, 0.05) is 6.07 Å². The molecule has 0 atom stereocenters. The number of anilines is 1. The van der Waals surface area contributed by atoms with Crippen LogP contribution in [0.1, 0.15) is 22.5 Å². The summed E-state index contributed by atoms with van der Waals surface area (Å²) in [6, 6.07) is 7.41. The van der Waals surface area contributed by atoms with E-state index < -0.39 is 11.7 Å². The zero-order valence-electron chi connectivity index (χ0n) is 12.9. The van der Waals surface area contributed by atoms with Gasteiger partial charge in [-0.05, 0) is 42.3 Å². The number of carbonyl (C=O) groups is 2. The second-order valence-corrected chi connectivity index (χ2v) is 6.55. The van der Waals surface area contributed by atoms with Gasteiger partial charge in [0.2, 0.25) is 5.91 Å². The zero-order valence-corrected chi connectivity index (χ0v) is 13.7. The highest BCUT2D eigenvalue weighted by Crippen LogP contribution is 2.32. The summed E-state index contributed by atoms with van der Waals surface area (Å²) in [6.45, 7) is 0.345. The van der Waals surface area contributed by atoms with E-state index in [-0.39, 0.29) is 12.5 Å². The van der Waals surface area contributed by atoms with Gasteiger partial charge < -0.3 is 15.4 Å².